The topological polar surface area (TPSA) is 57.7 Å². The van der Waals surface area contributed by atoms with Crippen LogP contribution in [0.25, 0.3) is 0 Å². The summed E-state index contributed by atoms with van der Waals surface area (Å²) in [5.74, 6) is 1.82. The van der Waals surface area contributed by atoms with Gasteiger partial charge in [0.05, 0.1) is 0 Å². The first-order chi connectivity index (χ1) is 9.74. The average Bonchev–Trinajstić information content (AvgIpc) is 2.71. The molecule has 1 amide bonds. The summed E-state index contributed by atoms with van der Waals surface area (Å²) in [6, 6.07) is 4.12. The van der Waals surface area contributed by atoms with Gasteiger partial charge < -0.3 is 19.9 Å². The van der Waals surface area contributed by atoms with Crippen LogP contribution in [-0.2, 0) is 11.3 Å². The fourth-order valence-corrected chi connectivity index (χ4v) is 2.59. The quantitative estimate of drug-likeness (QED) is 0.796. The Morgan fingerprint density at radius 3 is 2.85 bits per heavy atom. The van der Waals surface area contributed by atoms with Gasteiger partial charge in [0, 0.05) is 51.8 Å². The molecule has 0 atom stereocenters. The summed E-state index contributed by atoms with van der Waals surface area (Å²) in [7, 11) is 0. The Bertz CT molecular complexity index is 498. The van der Waals surface area contributed by atoms with E-state index >= 15 is 0 Å². The lowest BCUT2D eigenvalue weighted by atomic mass is 10.2. The third-order valence-electron chi connectivity index (χ3n) is 3.81. The predicted octanol–water partition coefficient (Wildman–Crippen LogP) is 0.232. The highest BCUT2D eigenvalue weighted by Gasteiger charge is 2.20. The van der Waals surface area contributed by atoms with Gasteiger partial charge in [-0.2, -0.15) is 4.98 Å². The Balaban J connectivity index is 1.72. The number of ether oxygens (including phenoxy) is 1. The maximum Gasteiger partial charge on any atom is 0.219 e. The Labute approximate surface area is 118 Å². The smallest absolute Gasteiger partial charge is 0.219 e. The lowest BCUT2D eigenvalue weighted by Crippen LogP contribution is -2.48. The number of nitrogens with one attached hydrogen (secondary N) is 1. The second kappa shape index (κ2) is 5.66. The molecule has 0 radical (unpaired) electrons. The van der Waals surface area contributed by atoms with Crippen molar-refractivity contribution in [3.05, 3.63) is 17.7 Å². The number of carbonyl (C=O) groups is 1. The van der Waals surface area contributed by atoms with Gasteiger partial charge in [-0.05, 0) is 12.1 Å². The number of anilines is 1. The summed E-state index contributed by atoms with van der Waals surface area (Å²) in [5.41, 5.74) is 1.11. The average molecular weight is 276 g/mol. The third kappa shape index (κ3) is 2.70. The van der Waals surface area contributed by atoms with E-state index in [2.05, 4.69) is 21.3 Å². The van der Waals surface area contributed by atoms with Crippen LogP contribution in [0.4, 0.5) is 5.82 Å². The predicted molar refractivity (Wildman–Crippen MR) is 75.9 cm³/mol. The first-order valence-corrected chi connectivity index (χ1v) is 7.08. The number of fused-ring (bicyclic) bond motifs is 1. The van der Waals surface area contributed by atoms with Crippen LogP contribution >= 0.6 is 0 Å². The summed E-state index contributed by atoms with van der Waals surface area (Å²) in [6.45, 7) is 7.10. The number of aromatic nitrogens is 1. The zero-order valence-electron chi connectivity index (χ0n) is 11.8. The van der Waals surface area contributed by atoms with Gasteiger partial charge in [-0.3, -0.25) is 4.79 Å². The highest BCUT2D eigenvalue weighted by atomic mass is 16.5. The van der Waals surface area contributed by atoms with Crippen molar-refractivity contribution < 1.29 is 9.53 Å². The fourth-order valence-electron chi connectivity index (χ4n) is 2.59. The van der Waals surface area contributed by atoms with Crippen molar-refractivity contribution in [1.82, 2.24) is 15.2 Å². The molecule has 6 heteroatoms. The van der Waals surface area contributed by atoms with E-state index in [1.165, 1.54) is 0 Å². The van der Waals surface area contributed by atoms with Crippen molar-refractivity contribution in [3.8, 4) is 5.88 Å². The lowest BCUT2D eigenvalue weighted by Gasteiger charge is -2.35. The normalized spacial score (nSPS) is 19.1. The summed E-state index contributed by atoms with van der Waals surface area (Å²) >= 11 is 0. The standard InChI is InChI=1S/C14H20N4O2/c1-11(19)17-5-7-18(8-6-17)13-3-2-12-10-15-4-9-20-14(12)16-13/h2-3,15H,4-10H2,1H3. The third-order valence-corrected chi connectivity index (χ3v) is 3.81. The van der Waals surface area contributed by atoms with Crippen LogP contribution < -0.4 is 15.0 Å². The first kappa shape index (κ1) is 13.2. The molecule has 108 valence electrons. The minimum atomic E-state index is 0.147. The number of carbonyl (C=O) groups excluding carboxylic acids is 1. The van der Waals surface area contributed by atoms with E-state index < -0.39 is 0 Å². The minimum Gasteiger partial charge on any atom is -0.476 e. The van der Waals surface area contributed by atoms with Crippen molar-refractivity contribution in [1.29, 1.82) is 0 Å². The molecule has 1 saturated heterocycles. The first-order valence-electron chi connectivity index (χ1n) is 7.08. The van der Waals surface area contributed by atoms with Crippen molar-refractivity contribution in [2.24, 2.45) is 0 Å². The Morgan fingerprint density at radius 1 is 1.30 bits per heavy atom. The molecule has 0 aliphatic carbocycles. The van der Waals surface area contributed by atoms with Gasteiger partial charge in [0.2, 0.25) is 11.8 Å². The van der Waals surface area contributed by atoms with E-state index in [0.29, 0.717) is 6.61 Å². The van der Waals surface area contributed by atoms with Gasteiger partial charge in [-0.15, -0.1) is 0 Å². The van der Waals surface area contributed by atoms with Gasteiger partial charge >= 0.3 is 0 Å². The molecule has 1 aromatic rings. The van der Waals surface area contributed by atoms with E-state index in [1.807, 2.05) is 11.0 Å². The summed E-state index contributed by atoms with van der Waals surface area (Å²) < 4.78 is 5.67. The number of pyridine rings is 1. The molecule has 6 nitrogen and oxygen atoms in total. The minimum absolute atomic E-state index is 0.147. The van der Waals surface area contributed by atoms with Crippen LogP contribution in [0.3, 0.4) is 0 Å². The number of rotatable bonds is 1. The van der Waals surface area contributed by atoms with Gasteiger partial charge in [-0.25, -0.2) is 0 Å². The van der Waals surface area contributed by atoms with Gasteiger partial charge in [-0.1, -0.05) is 0 Å². The molecule has 20 heavy (non-hydrogen) atoms. The second-order valence-electron chi connectivity index (χ2n) is 5.15. The highest BCUT2D eigenvalue weighted by Crippen LogP contribution is 2.23. The van der Waals surface area contributed by atoms with Crippen LogP contribution in [0.5, 0.6) is 5.88 Å². The number of nitrogens with zero attached hydrogens (tertiary/aromatic N) is 3. The molecule has 1 fully saturated rings. The summed E-state index contributed by atoms with van der Waals surface area (Å²) in [6.07, 6.45) is 0. The van der Waals surface area contributed by atoms with Crippen molar-refractivity contribution in [2.45, 2.75) is 13.5 Å². The summed E-state index contributed by atoms with van der Waals surface area (Å²) in [4.78, 5) is 20.0. The SMILES string of the molecule is CC(=O)N1CCN(c2ccc3c(n2)OCCNC3)CC1. The molecule has 0 saturated carbocycles. The molecule has 0 aromatic carbocycles. The zero-order valence-corrected chi connectivity index (χ0v) is 11.8. The fraction of sp³-hybridized carbons (Fsp3) is 0.571. The van der Waals surface area contributed by atoms with Gasteiger partial charge in [0.1, 0.15) is 12.4 Å². The maximum atomic E-state index is 11.3. The number of piperazine rings is 1. The number of amides is 1. The van der Waals surface area contributed by atoms with Gasteiger partial charge in [0.15, 0.2) is 0 Å². The number of hydrogen-bond donors (Lipinski definition) is 1. The Hall–Kier alpha value is -1.82. The van der Waals surface area contributed by atoms with Crippen molar-refractivity contribution >= 4 is 11.7 Å². The molecule has 0 unspecified atom stereocenters. The van der Waals surface area contributed by atoms with E-state index in [-0.39, 0.29) is 5.91 Å². The van der Waals surface area contributed by atoms with E-state index in [4.69, 9.17) is 4.74 Å². The Morgan fingerprint density at radius 2 is 2.10 bits per heavy atom. The van der Waals surface area contributed by atoms with Crippen LogP contribution in [0.1, 0.15) is 12.5 Å². The van der Waals surface area contributed by atoms with E-state index in [9.17, 15) is 4.79 Å². The Kier molecular flexibility index (Phi) is 3.73. The molecule has 3 rings (SSSR count). The second-order valence-corrected chi connectivity index (χ2v) is 5.15. The summed E-state index contributed by atoms with van der Waals surface area (Å²) in [5, 5.41) is 3.30. The van der Waals surface area contributed by atoms with Crippen LogP contribution in [-0.4, -0.2) is 55.1 Å². The molecule has 2 aliphatic rings. The monoisotopic (exact) mass is 276 g/mol. The highest BCUT2D eigenvalue weighted by molar-refractivity contribution is 5.73. The largest absolute Gasteiger partial charge is 0.476 e. The molecule has 0 spiro atoms. The molecular formula is C14H20N4O2. The van der Waals surface area contributed by atoms with Crippen LogP contribution in [0.15, 0.2) is 12.1 Å². The zero-order chi connectivity index (χ0) is 13.9. The molecule has 0 bridgehead atoms. The molecule has 1 N–H and O–H groups in total. The number of hydrogen-bond acceptors (Lipinski definition) is 5. The van der Waals surface area contributed by atoms with E-state index in [1.54, 1.807) is 6.92 Å². The molecule has 1 aromatic heterocycles. The maximum absolute atomic E-state index is 11.3. The van der Waals surface area contributed by atoms with Crippen molar-refractivity contribution in [3.63, 3.8) is 0 Å². The molecule has 3 heterocycles. The molecular weight excluding hydrogens is 256 g/mol. The molecule has 2 aliphatic heterocycles. The van der Waals surface area contributed by atoms with Gasteiger partial charge in [0.25, 0.3) is 0 Å². The lowest BCUT2D eigenvalue weighted by molar-refractivity contribution is -0.129. The van der Waals surface area contributed by atoms with Crippen molar-refractivity contribution in [2.75, 3.05) is 44.2 Å². The van der Waals surface area contributed by atoms with Crippen LogP contribution in [0.2, 0.25) is 0 Å². The van der Waals surface area contributed by atoms with Crippen LogP contribution in [0, 0.1) is 0 Å². The van der Waals surface area contributed by atoms with E-state index in [0.717, 1.165) is 56.5 Å².